The van der Waals surface area contributed by atoms with Gasteiger partial charge in [-0.05, 0) is 12.1 Å². The molecule has 0 aliphatic heterocycles. The lowest BCUT2D eigenvalue weighted by Gasteiger charge is -2.04. The van der Waals surface area contributed by atoms with E-state index in [1.54, 1.807) is 0 Å². The zero-order valence-corrected chi connectivity index (χ0v) is 8.79. The average Bonchev–Trinajstić information content (AvgIpc) is 2.30. The van der Waals surface area contributed by atoms with Crippen molar-refractivity contribution in [3.63, 3.8) is 0 Å². The van der Waals surface area contributed by atoms with Crippen LogP contribution in [0.4, 0.5) is 4.39 Å². The van der Waals surface area contributed by atoms with E-state index in [1.807, 2.05) is 6.07 Å². The first-order valence-electron chi connectivity index (χ1n) is 4.63. The summed E-state index contributed by atoms with van der Waals surface area (Å²) in [5, 5.41) is 11.3. The van der Waals surface area contributed by atoms with Crippen LogP contribution >= 0.6 is 0 Å². The minimum absolute atomic E-state index is 0.0238. The highest BCUT2D eigenvalue weighted by Gasteiger charge is 2.04. The maximum Gasteiger partial charge on any atom is 0.319 e. The van der Waals surface area contributed by atoms with Crippen LogP contribution in [0.15, 0.2) is 18.2 Å². The largest absolute Gasteiger partial charge is 0.468 e. The summed E-state index contributed by atoms with van der Waals surface area (Å²) in [5.41, 5.74) is 0.678. The van der Waals surface area contributed by atoms with Gasteiger partial charge in [0.15, 0.2) is 0 Å². The third-order valence-corrected chi connectivity index (χ3v) is 1.99. The van der Waals surface area contributed by atoms with Gasteiger partial charge in [0.1, 0.15) is 5.82 Å². The molecular formula is C11H11FN2O2. The second-order valence-corrected chi connectivity index (χ2v) is 3.10. The van der Waals surface area contributed by atoms with Gasteiger partial charge in [0.05, 0.1) is 25.3 Å². The number of hydrogen-bond acceptors (Lipinski definition) is 4. The Morgan fingerprint density at radius 2 is 2.38 bits per heavy atom. The predicted molar refractivity (Wildman–Crippen MR) is 54.8 cm³/mol. The van der Waals surface area contributed by atoms with Crippen LogP contribution in [-0.2, 0) is 16.1 Å². The average molecular weight is 222 g/mol. The SMILES string of the molecule is COC(=O)CNCc1ccc(C#N)cc1F. The minimum atomic E-state index is -0.462. The molecule has 0 aromatic heterocycles. The Morgan fingerprint density at radius 1 is 1.62 bits per heavy atom. The van der Waals surface area contributed by atoms with Crippen LogP contribution in [0.5, 0.6) is 0 Å². The Bertz CT molecular complexity index is 426. The first-order valence-corrected chi connectivity index (χ1v) is 4.63. The fourth-order valence-electron chi connectivity index (χ4n) is 1.13. The van der Waals surface area contributed by atoms with Crippen molar-refractivity contribution in [1.29, 1.82) is 5.26 Å². The zero-order chi connectivity index (χ0) is 12.0. The lowest BCUT2D eigenvalue weighted by Crippen LogP contribution is -2.23. The maximum atomic E-state index is 13.3. The fraction of sp³-hybridized carbons (Fsp3) is 0.273. The molecule has 4 nitrogen and oxygen atoms in total. The van der Waals surface area contributed by atoms with Crippen molar-refractivity contribution in [2.45, 2.75) is 6.54 Å². The van der Waals surface area contributed by atoms with E-state index in [1.165, 1.54) is 19.2 Å². The molecule has 1 aromatic rings. The van der Waals surface area contributed by atoms with E-state index in [0.717, 1.165) is 6.07 Å². The molecule has 0 aliphatic rings. The number of ether oxygens (including phenoxy) is 1. The highest BCUT2D eigenvalue weighted by molar-refractivity contribution is 5.71. The van der Waals surface area contributed by atoms with Gasteiger partial charge >= 0.3 is 5.97 Å². The van der Waals surface area contributed by atoms with Crippen LogP contribution < -0.4 is 5.32 Å². The van der Waals surface area contributed by atoms with Gasteiger partial charge in [-0.2, -0.15) is 5.26 Å². The summed E-state index contributed by atoms with van der Waals surface area (Å²) in [4.78, 5) is 10.8. The van der Waals surface area contributed by atoms with Crippen LogP contribution in [0.2, 0.25) is 0 Å². The molecule has 1 rings (SSSR count). The summed E-state index contributed by atoms with van der Waals surface area (Å²) in [6.07, 6.45) is 0. The Balaban J connectivity index is 2.55. The highest BCUT2D eigenvalue weighted by Crippen LogP contribution is 2.09. The summed E-state index contributed by atoms with van der Waals surface area (Å²) in [6, 6.07) is 6.04. The van der Waals surface area contributed by atoms with Crippen LogP contribution in [0.3, 0.4) is 0 Å². The Morgan fingerprint density at radius 3 is 2.94 bits per heavy atom. The number of benzene rings is 1. The van der Waals surface area contributed by atoms with Crippen molar-refractivity contribution in [2.75, 3.05) is 13.7 Å². The summed E-state index contributed by atoms with van der Waals surface area (Å²) in [5.74, 6) is -0.870. The number of nitrogens with one attached hydrogen (secondary N) is 1. The molecule has 0 heterocycles. The molecule has 0 aliphatic carbocycles. The minimum Gasteiger partial charge on any atom is -0.468 e. The van der Waals surface area contributed by atoms with Gasteiger partial charge < -0.3 is 10.1 Å². The van der Waals surface area contributed by atoms with Gasteiger partial charge in [-0.3, -0.25) is 4.79 Å². The Kier molecular flexibility index (Phi) is 4.42. The molecule has 0 bridgehead atoms. The molecule has 16 heavy (non-hydrogen) atoms. The second kappa shape index (κ2) is 5.83. The number of esters is 1. The monoisotopic (exact) mass is 222 g/mol. The molecule has 1 aromatic carbocycles. The third-order valence-electron chi connectivity index (χ3n) is 1.99. The lowest BCUT2D eigenvalue weighted by molar-refractivity contribution is -0.139. The van der Waals surface area contributed by atoms with E-state index in [4.69, 9.17) is 5.26 Å². The molecular weight excluding hydrogens is 211 g/mol. The number of halogens is 1. The number of carbonyl (C=O) groups excluding carboxylic acids is 1. The fourth-order valence-corrected chi connectivity index (χ4v) is 1.13. The standard InChI is InChI=1S/C11H11FN2O2/c1-16-11(15)7-14-6-9-3-2-8(5-13)4-10(9)12/h2-4,14H,6-7H2,1H3. The topological polar surface area (TPSA) is 62.1 Å². The Labute approximate surface area is 92.6 Å². The van der Waals surface area contributed by atoms with E-state index < -0.39 is 11.8 Å². The molecule has 0 atom stereocenters. The summed E-state index contributed by atoms with van der Waals surface area (Å²) in [6.45, 7) is 0.239. The second-order valence-electron chi connectivity index (χ2n) is 3.10. The maximum absolute atomic E-state index is 13.3. The molecule has 0 amide bonds. The van der Waals surface area contributed by atoms with E-state index in [-0.39, 0.29) is 18.7 Å². The van der Waals surface area contributed by atoms with Crippen molar-refractivity contribution in [3.8, 4) is 6.07 Å². The van der Waals surface area contributed by atoms with E-state index in [9.17, 15) is 9.18 Å². The first-order chi connectivity index (χ1) is 7.67. The molecule has 0 spiro atoms. The van der Waals surface area contributed by atoms with Gasteiger partial charge in [-0.1, -0.05) is 6.07 Å². The van der Waals surface area contributed by atoms with Crippen molar-refractivity contribution in [3.05, 3.63) is 35.1 Å². The number of methoxy groups -OCH3 is 1. The normalized spacial score (nSPS) is 9.56. The molecule has 0 radical (unpaired) electrons. The molecule has 1 N–H and O–H groups in total. The molecule has 0 saturated heterocycles. The number of carbonyl (C=O) groups is 1. The predicted octanol–water partition coefficient (Wildman–Crippen LogP) is 0.960. The Hall–Kier alpha value is -1.93. The quantitative estimate of drug-likeness (QED) is 0.771. The van der Waals surface area contributed by atoms with Crippen molar-refractivity contribution in [1.82, 2.24) is 5.32 Å². The first kappa shape index (κ1) is 12.1. The smallest absolute Gasteiger partial charge is 0.319 e. The molecule has 5 heteroatoms. The lowest BCUT2D eigenvalue weighted by atomic mass is 10.1. The van der Waals surface area contributed by atoms with E-state index >= 15 is 0 Å². The highest BCUT2D eigenvalue weighted by atomic mass is 19.1. The third kappa shape index (κ3) is 3.33. The summed E-state index contributed by atoms with van der Waals surface area (Å²) in [7, 11) is 1.28. The van der Waals surface area contributed by atoms with Crippen molar-refractivity contribution < 1.29 is 13.9 Å². The molecule has 84 valence electrons. The van der Waals surface area contributed by atoms with Gasteiger partial charge in [-0.15, -0.1) is 0 Å². The van der Waals surface area contributed by atoms with Gasteiger partial charge in [-0.25, -0.2) is 4.39 Å². The number of nitriles is 1. The summed E-state index contributed by atoms with van der Waals surface area (Å²) >= 11 is 0. The molecule has 0 saturated carbocycles. The number of rotatable bonds is 4. The summed E-state index contributed by atoms with van der Waals surface area (Å²) < 4.78 is 17.8. The van der Waals surface area contributed by atoms with E-state index in [2.05, 4.69) is 10.1 Å². The van der Waals surface area contributed by atoms with Gasteiger partial charge in [0, 0.05) is 12.1 Å². The van der Waals surface area contributed by atoms with Crippen molar-refractivity contribution >= 4 is 5.97 Å². The van der Waals surface area contributed by atoms with Crippen LogP contribution in [-0.4, -0.2) is 19.6 Å². The molecule has 0 fully saturated rings. The van der Waals surface area contributed by atoms with Crippen LogP contribution in [0.1, 0.15) is 11.1 Å². The van der Waals surface area contributed by atoms with Crippen LogP contribution in [0.25, 0.3) is 0 Å². The number of hydrogen-bond donors (Lipinski definition) is 1. The van der Waals surface area contributed by atoms with Crippen molar-refractivity contribution in [2.24, 2.45) is 0 Å². The van der Waals surface area contributed by atoms with Gasteiger partial charge in [0.25, 0.3) is 0 Å². The van der Waals surface area contributed by atoms with Crippen LogP contribution in [0, 0.1) is 17.1 Å². The van der Waals surface area contributed by atoms with Gasteiger partial charge in [0.2, 0.25) is 0 Å². The zero-order valence-electron chi connectivity index (χ0n) is 8.79. The van der Waals surface area contributed by atoms with E-state index in [0.29, 0.717) is 5.56 Å². The molecule has 0 unspecified atom stereocenters. The number of nitrogens with zero attached hydrogens (tertiary/aromatic N) is 1.